The lowest BCUT2D eigenvalue weighted by Crippen LogP contribution is -2.28. The number of thiophene rings is 1. The Morgan fingerprint density at radius 2 is 1.81 bits per heavy atom. The molecule has 0 bridgehead atoms. The second kappa shape index (κ2) is 4.34. The Morgan fingerprint density at radius 1 is 1.06 bits per heavy atom. The SMILES string of the molecule is CC1=CC=C(CCc2ccc(C)s2)[Si]1(C)C. The molecule has 0 nitrogen and oxygen atoms in total. The van der Waals surface area contributed by atoms with Crippen LogP contribution >= 0.6 is 11.3 Å². The van der Waals surface area contributed by atoms with E-state index in [4.69, 9.17) is 0 Å². The van der Waals surface area contributed by atoms with Gasteiger partial charge in [0.2, 0.25) is 0 Å². The summed E-state index contributed by atoms with van der Waals surface area (Å²) in [5.74, 6) is 0. The van der Waals surface area contributed by atoms with Crippen molar-refractivity contribution in [2.45, 2.75) is 39.8 Å². The van der Waals surface area contributed by atoms with Crippen molar-refractivity contribution in [3.8, 4) is 0 Å². The molecular formula is C14H20SSi. The predicted molar refractivity (Wildman–Crippen MR) is 76.7 cm³/mol. The van der Waals surface area contributed by atoms with Crippen LogP contribution in [0.3, 0.4) is 0 Å². The van der Waals surface area contributed by atoms with Crippen LogP contribution in [0.2, 0.25) is 13.1 Å². The molecule has 2 heterocycles. The molecule has 86 valence electrons. The van der Waals surface area contributed by atoms with Gasteiger partial charge < -0.3 is 0 Å². The van der Waals surface area contributed by atoms with E-state index in [2.05, 4.69) is 51.2 Å². The molecule has 2 rings (SSSR count). The summed E-state index contributed by atoms with van der Waals surface area (Å²) in [6.45, 7) is 9.42. The van der Waals surface area contributed by atoms with E-state index in [1.165, 1.54) is 22.6 Å². The van der Waals surface area contributed by atoms with E-state index in [1.807, 2.05) is 11.3 Å². The summed E-state index contributed by atoms with van der Waals surface area (Å²) < 4.78 is 0. The molecule has 0 atom stereocenters. The molecule has 0 saturated carbocycles. The Labute approximate surface area is 104 Å². The minimum absolute atomic E-state index is 1.19. The van der Waals surface area contributed by atoms with Gasteiger partial charge in [-0.25, -0.2) is 0 Å². The van der Waals surface area contributed by atoms with E-state index in [-0.39, 0.29) is 0 Å². The van der Waals surface area contributed by atoms with Gasteiger partial charge in [0.1, 0.15) is 8.07 Å². The zero-order chi connectivity index (χ0) is 11.8. The highest BCUT2D eigenvalue weighted by Crippen LogP contribution is 2.32. The number of hydrogen-bond donors (Lipinski definition) is 0. The van der Waals surface area contributed by atoms with Gasteiger partial charge in [0.05, 0.1) is 0 Å². The van der Waals surface area contributed by atoms with Crippen LogP contribution < -0.4 is 0 Å². The lowest BCUT2D eigenvalue weighted by atomic mass is 10.2. The van der Waals surface area contributed by atoms with Crippen molar-refractivity contribution in [3.63, 3.8) is 0 Å². The fourth-order valence-corrected chi connectivity index (χ4v) is 5.32. The first-order valence-corrected chi connectivity index (χ1v) is 9.75. The molecular weight excluding hydrogens is 228 g/mol. The third kappa shape index (κ3) is 2.23. The third-order valence-corrected chi connectivity index (χ3v) is 8.98. The van der Waals surface area contributed by atoms with Crippen LogP contribution in [0.15, 0.2) is 34.7 Å². The minimum Gasteiger partial charge on any atom is -0.146 e. The first-order valence-electron chi connectivity index (χ1n) is 5.94. The zero-order valence-electron chi connectivity index (χ0n) is 10.6. The summed E-state index contributed by atoms with van der Waals surface area (Å²) in [7, 11) is -1.19. The molecule has 0 radical (unpaired) electrons. The third-order valence-electron chi connectivity index (χ3n) is 3.76. The normalized spacial score (nSPS) is 18.5. The second-order valence-corrected chi connectivity index (χ2v) is 11.2. The summed E-state index contributed by atoms with van der Waals surface area (Å²) in [6.07, 6.45) is 7.19. The van der Waals surface area contributed by atoms with Crippen LogP contribution in [0.1, 0.15) is 23.1 Å². The molecule has 16 heavy (non-hydrogen) atoms. The van der Waals surface area contributed by atoms with Crippen molar-refractivity contribution in [2.75, 3.05) is 0 Å². The summed E-state index contributed by atoms with van der Waals surface area (Å²) in [4.78, 5) is 2.97. The van der Waals surface area contributed by atoms with Gasteiger partial charge in [-0.15, -0.1) is 11.3 Å². The van der Waals surface area contributed by atoms with Crippen LogP contribution in [0.25, 0.3) is 0 Å². The van der Waals surface area contributed by atoms with Crippen LogP contribution in [-0.4, -0.2) is 8.07 Å². The van der Waals surface area contributed by atoms with E-state index < -0.39 is 8.07 Å². The highest BCUT2D eigenvalue weighted by molar-refractivity contribution is 7.11. The first-order chi connectivity index (χ1) is 7.50. The molecule has 0 unspecified atom stereocenters. The molecule has 1 aromatic heterocycles. The highest BCUT2D eigenvalue weighted by Gasteiger charge is 2.30. The van der Waals surface area contributed by atoms with E-state index in [9.17, 15) is 0 Å². The maximum atomic E-state index is 2.47. The van der Waals surface area contributed by atoms with Crippen LogP contribution in [0.4, 0.5) is 0 Å². The van der Waals surface area contributed by atoms with E-state index in [1.54, 1.807) is 10.4 Å². The number of allylic oxidation sites excluding steroid dienone is 4. The Bertz CT molecular complexity index is 449. The van der Waals surface area contributed by atoms with Gasteiger partial charge >= 0.3 is 0 Å². The molecule has 0 N–H and O–H groups in total. The molecule has 0 spiro atoms. The molecule has 1 aliphatic rings. The Kier molecular flexibility index (Phi) is 3.22. The molecule has 0 aliphatic carbocycles. The van der Waals surface area contributed by atoms with Gasteiger partial charge in [-0.2, -0.15) is 0 Å². The number of rotatable bonds is 3. The summed E-state index contributed by atoms with van der Waals surface area (Å²) in [6, 6.07) is 4.51. The fraction of sp³-hybridized carbons (Fsp3) is 0.429. The van der Waals surface area contributed by atoms with Gasteiger partial charge in [-0.3, -0.25) is 0 Å². The van der Waals surface area contributed by atoms with E-state index in [0.29, 0.717) is 0 Å². The Hall–Kier alpha value is -0.603. The minimum atomic E-state index is -1.19. The summed E-state index contributed by atoms with van der Waals surface area (Å²) in [5, 5.41) is 3.35. The predicted octanol–water partition coefficient (Wildman–Crippen LogP) is 4.66. The quantitative estimate of drug-likeness (QED) is 0.682. The summed E-state index contributed by atoms with van der Waals surface area (Å²) >= 11 is 1.94. The zero-order valence-corrected chi connectivity index (χ0v) is 12.4. The average molecular weight is 248 g/mol. The van der Waals surface area contributed by atoms with Gasteiger partial charge in [0, 0.05) is 9.75 Å². The lowest BCUT2D eigenvalue weighted by molar-refractivity contribution is 1.00. The van der Waals surface area contributed by atoms with Crippen molar-refractivity contribution in [3.05, 3.63) is 44.4 Å². The molecule has 1 aromatic rings. The van der Waals surface area contributed by atoms with E-state index >= 15 is 0 Å². The van der Waals surface area contributed by atoms with Crippen LogP contribution in [-0.2, 0) is 6.42 Å². The van der Waals surface area contributed by atoms with E-state index in [0.717, 1.165) is 0 Å². The fourth-order valence-electron chi connectivity index (χ4n) is 2.17. The largest absolute Gasteiger partial charge is 0.146 e. The standard InChI is InChI=1S/C14H20SSi/c1-11-5-7-13(15-11)8-10-14-9-6-12(2)16(14,3)4/h5-7,9H,8,10H2,1-4H3. The molecule has 1 aliphatic heterocycles. The Morgan fingerprint density at radius 3 is 2.31 bits per heavy atom. The Balaban J connectivity index is 1.98. The highest BCUT2D eigenvalue weighted by atomic mass is 32.1. The smallest absolute Gasteiger partial charge is 0.102 e. The maximum absolute atomic E-state index is 2.47. The molecule has 2 heteroatoms. The van der Waals surface area contributed by atoms with Gasteiger partial charge in [0.15, 0.2) is 0 Å². The van der Waals surface area contributed by atoms with Gasteiger partial charge in [-0.1, -0.05) is 35.6 Å². The molecule has 0 amide bonds. The van der Waals surface area contributed by atoms with Gasteiger partial charge in [0.25, 0.3) is 0 Å². The van der Waals surface area contributed by atoms with Crippen molar-refractivity contribution >= 4 is 19.4 Å². The topological polar surface area (TPSA) is 0 Å². The monoisotopic (exact) mass is 248 g/mol. The molecule has 0 aromatic carbocycles. The van der Waals surface area contributed by atoms with Crippen LogP contribution in [0.5, 0.6) is 0 Å². The number of hydrogen-bond acceptors (Lipinski definition) is 1. The number of aryl methyl sites for hydroxylation is 2. The van der Waals surface area contributed by atoms with Gasteiger partial charge in [-0.05, 0) is 38.8 Å². The van der Waals surface area contributed by atoms with Crippen molar-refractivity contribution in [1.82, 2.24) is 0 Å². The first kappa shape index (κ1) is 11.9. The van der Waals surface area contributed by atoms with Crippen molar-refractivity contribution in [2.24, 2.45) is 0 Å². The lowest BCUT2D eigenvalue weighted by Gasteiger charge is -2.22. The van der Waals surface area contributed by atoms with Crippen LogP contribution in [0, 0.1) is 6.92 Å². The maximum Gasteiger partial charge on any atom is 0.102 e. The average Bonchev–Trinajstić information content (AvgIpc) is 2.72. The van der Waals surface area contributed by atoms with Crippen molar-refractivity contribution < 1.29 is 0 Å². The molecule has 0 saturated heterocycles. The summed E-state index contributed by atoms with van der Waals surface area (Å²) in [5.41, 5.74) is 0. The molecule has 0 fully saturated rings. The second-order valence-electron chi connectivity index (χ2n) is 5.18. The van der Waals surface area contributed by atoms with Crippen molar-refractivity contribution in [1.29, 1.82) is 0 Å².